The van der Waals surface area contributed by atoms with E-state index in [9.17, 15) is 18.7 Å². The smallest absolute Gasteiger partial charge is 0.262 e. The number of nitrogens with one attached hydrogen (secondary N) is 2. The van der Waals surface area contributed by atoms with Gasteiger partial charge in [-0.05, 0) is 5.56 Å². The van der Waals surface area contributed by atoms with Gasteiger partial charge in [0, 0.05) is 13.1 Å². The van der Waals surface area contributed by atoms with Gasteiger partial charge in [0.15, 0.2) is 0 Å². The van der Waals surface area contributed by atoms with Crippen molar-refractivity contribution < 1.29 is 18.7 Å². The predicted molar refractivity (Wildman–Crippen MR) is 89.3 cm³/mol. The standard InChI is InChI=1S/C16H19F2N5O2/c1-16(17,18)9-21-14(25)11-7-20-15(19)23-13(11)22-12(8-24)10-5-3-2-4-6-10/h2-7,12,24H,8-9H2,1H3,(H,21,25)(H3,19,20,22,23)/t12-/m1/s1. The average Bonchev–Trinajstić information content (AvgIpc) is 2.58. The topological polar surface area (TPSA) is 113 Å². The summed E-state index contributed by atoms with van der Waals surface area (Å²) in [5, 5.41) is 14.6. The van der Waals surface area contributed by atoms with E-state index in [1.807, 2.05) is 6.07 Å². The minimum atomic E-state index is -3.05. The van der Waals surface area contributed by atoms with Crippen molar-refractivity contribution in [2.75, 3.05) is 24.2 Å². The number of rotatable bonds is 7. The highest BCUT2D eigenvalue weighted by molar-refractivity contribution is 5.98. The van der Waals surface area contributed by atoms with Crippen LogP contribution >= 0.6 is 0 Å². The molecule has 0 saturated heterocycles. The van der Waals surface area contributed by atoms with Gasteiger partial charge < -0.3 is 21.5 Å². The Morgan fingerprint density at radius 2 is 2.04 bits per heavy atom. The molecule has 1 atom stereocenters. The molecule has 1 heterocycles. The molecule has 0 spiro atoms. The molecule has 7 nitrogen and oxygen atoms in total. The maximum absolute atomic E-state index is 12.9. The zero-order chi connectivity index (χ0) is 18.4. The van der Waals surface area contributed by atoms with E-state index in [2.05, 4.69) is 20.6 Å². The van der Waals surface area contributed by atoms with E-state index in [1.54, 1.807) is 24.3 Å². The molecule has 25 heavy (non-hydrogen) atoms. The Hall–Kier alpha value is -2.81. The number of carbonyl (C=O) groups is 1. The number of halogens is 2. The first-order chi connectivity index (χ1) is 11.8. The van der Waals surface area contributed by atoms with Crippen LogP contribution in [-0.4, -0.2) is 40.1 Å². The quantitative estimate of drug-likeness (QED) is 0.602. The van der Waals surface area contributed by atoms with Crippen molar-refractivity contribution in [2.45, 2.75) is 18.9 Å². The largest absolute Gasteiger partial charge is 0.394 e. The zero-order valence-corrected chi connectivity index (χ0v) is 13.5. The van der Waals surface area contributed by atoms with Crippen LogP contribution in [-0.2, 0) is 0 Å². The van der Waals surface area contributed by atoms with Crippen LogP contribution in [0.2, 0.25) is 0 Å². The van der Waals surface area contributed by atoms with Crippen LogP contribution in [0.15, 0.2) is 36.5 Å². The number of nitrogens with zero attached hydrogens (tertiary/aromatic N) is 2. The van der Waals surface area contributed by atoms with Crippen molar-refractivity contribution in [3.8, 4) is 0 Å². The molecule has 1 aromatic heterocycles. The number of benzene rings is 1. The van der Waals surface area contributed by atoms with Gasteiger partial charge in [0.05, 0.1) is 19.2 Å². The summed E-state index contributed by atoms with van der Waals surface area (Å²) in [7, 11) is 0. The van der Waals surface area contributed by atoms with Gasteiger partial charge in [-0.3, -0.25) is 4.79 Å². The number of amides is 1. The van der Waals surface area contributed by atoms with Crippen molar-refractivity contribution in [2.24, 2.45) is 0 Å². The molecule has 0 unspecified atom stereocenters. The SMILES string of the molecule is CC(F)(F)CNC(=O)c1cnc(N)nc1N[C@H](CO)c1ccccc1. The molecule has 1 aromatic carbocycles. The lowest BCUT2D eigenvalue weighted by atomic mass is 10.1. The van der Waals surface area contributed by atoms with Crippen LogP contribution in [0.25, 0.3) is 0 Å². The second-order valence-corrected chi connectivity index (χ2v) is 5.53. The first kappa shape index (κ1) is 18.5. The molecular formula is C16H19F2N5O2. The van der Waals surface area contributed by atoms with Crippen LogP contribution in [0.5, 0.6) is 0 Å². The van der Waals surface area contributed by atoms with Gasteiger partial charge in [0.2, 0.25) is 5.95 Å². The minimum Gasteiger partial charge on any atom is -0.394 e. The number of hydrogen-bond acceptors (Lipinski definition) is 6. The van der Waals surface area contributed by atoms with Gasteiger partial charge in [0.25, 0.3) is 11.8 Å². The fourth-order valence-corrected chi connectivity index (χ4v) is 2.09. The zero-order valence-electron chi connectivity index (χ0n) is 13.5. The molecule has 2 rings (SSSR count). The summed E-state index contributed by atoms with van der Waals surface area (Å²) in [6.07, 6.45) is 1.15. The number of aliphatic hydroxyl groups excluding tert-OH is 1. The number of nitrogens with two attached hydrogens (primary N) is 1. The molecule has 0 radical (unpaired) electrons. The Balaban J connectivity index is 2.24. The number of aromatic nitrogens is 2. The Bertz CT molecular complexity index is 722. The molecule has 134 valence electrons. The Morgan fingerprint density at radius 3 is 2.64 bits per heavy atom. The van der Waals surface area contributed by atoms with Crippen LogP contribution in [0.1, 0.15) is 28.9 Å². The lowest BCUT2D eigenvalue weighted by Crippen LogP contribution is -2.35. The molecule has 2 aromatic rings. The first-order valence-electron chi connectivity index (χ1n) is 7.51. The Labute approximate surface area is 143 Å². The summed E-state index contributed by atoms with van der Waals surface area (Å²) in [4.78, 5) is 19.8. The number of hydrogen-bond donors (Lipinski definition) is 4. The third kappa shape index (κ3) is 5.35. The number of nitrogen functional groups attached to an aromatic ring is 1. The van der Waals surface area contributed by atoms with E-state index in [0.717, 1.165) is 11.8 Å². The van der Waals surface area contributed by atoms with Gasteiger partial charge >= 0.3 is 0 Å². The van der Waals surface area contributed by atoms with Crippen LogP contribution in [0, 0.1) is 0 Å². The van der Waals surface area contributed by atoms with E-state index in [-0.39, 0.29) is 23.9 Å². The van der Waals surface area contributed by atoms with Gasteiger partial charge in [-0.2, -0.15) is 4.98 Å². The van der Waals surface area contributed by atoms with Gasteiger partial charge in [-0.25, -0.2) is 13.8 Å². The average molecular weight is 351 g/mol. The lowest BCUT2D eigenvalue weighted by molar-refractivity contribution is 0.0221. The van der Waals surface area contributed by atoms with Gasteiger partial charge in [0.1, 0.15) is 11.4 Å². The maximum Gasteiger partial charge on any atom is 0.262 e. The molecule has 0 aliphatic heterocycles. The molecule has 1 amide bonds. The molecular weight excluding hydrogens is 332 g/mol. The molecule has 0 bridgehead atoms. The van der Waals surface area contributed by atoms with Crippen molar-refractivity contribution in [1.82, 2.24) is 15.3 Å². The van der Waals surface area contributed by atoms with E-state index in [0.29, 0.717) is 6.92 Å². The van der Waals surface area contributed by atoms with Crippen molar-refractivity contribution in [1.29, 1.82) is 0 Å². The molecule has 9 heteroatoms. The molecule has 5 N–H and O–H groups in total. The Kier molecular flexibility index (Phi) is 5.81. The highest BCUT2D eigenvalue weighted by Gasteiger charge is 2.24. The second-order valence-electron chi connectivity index (χ2n) is 5.53. The summed E-state index contributed by atoms with van der Waals surface area (Å²) >= 11 is 0. The van der Waals surface area contributed by atoms with Gasteiger partial charge in [-0.15, -0.1) is 0 Å². The van der Waals surface area contributed by atoms with Crippen molar-refractivity contribution >= 4 is 17.7 Å². The number of aliphatic hydroxyl groups is 1. The lowest BCUT2D eigenvalue weighted by Gasteiger charge is -2.19. The summed E-state index contributed by atoms with van der Waals surface area (Å²) in [6, 6.07) is 8.43. The highest BCUT2D eigenvalue weighted by Crippen LogP contribution is 2.21. The number of alkyl halides is 2. The van der Waals surface area contributed by atoms with Gasteiger partial charge in [-0.1, -0.05) is 30.3 Å². The second kappa shape index (κ2) is 7.84. The van der Waals surface area contributed by atoms with Crippen LogP contribution in [0.3, 0.4) is 0 Å². The number of carbonyl (C=O) groups excluding carboxylic acids is 1. The van der Waals surface area contributed by atoms with Crippen molar-refractivity contribution in [3.63, 3.8) is 0 Å². The van der Waals surface area contributed by atoms with Crippen LogP contribution in [0.4, 0.5) is 20.5 Å². The molecule has 0 aliphatic rings. The summed E-state index contributed by atoms with van der Waals surface area (Å²) in [6.45, 7) is -0.400. The summed E-state index contributed by atoms with van der Waals surface area (Å²) < 4.78 is 25.9. The van der Waals surface area contributed by atoms with E-state index < -0.39 is 24.4 Å². The predicted octanol–water partition coefficient (Wildman–Crippen LogP) is 1.59. The van der Waals surface area contributed by atoms with E-state index in [1.165, 1.54) is 0 Å². The molecule has 0 saturated carbocycles. The monoisotopic (exact) mass is 351 g/mol. The third-order valence-corrected chi connectivity index (χ3v) is 3.31. The number of anilines is 2. The molecule has 0 fully saturated rings. The molecule has 0 aliphatic carbocycles. The van der Waals surface area contributed by atoms with E-state index >= 15 is 0 Å². The van der Waals surface area contributed by atoms with E-state index in [4.69, 9.17) is 5.73 Å². The summed E-state index contributed by atoms with van der Waals surface area (Å²) in [5.41, 5.74) is 6.26. The fraction of sp³-hybridized carbons (Fsp3) is 0.312. The first-order valence-corrected chi connectivity index (χ1v) is 7.51. The Morgan fingerprint density at radius 1 is 1.36 bits per heavy atom. The minimum absolute atomic E-state index is 0.0483. The summed E-state index contributed by atoms with van der Waals surface area (Å²) in [5.74, 6) is -3.86. The maximum atomic E-state index is 12.9. The highest BCUT2D eigenvalue weighted by atomic mass is 19.3. The van der Waals surface area contributed by atoms with Crippen molar-refractivity contribution in [3.05, 3.63) is 47.7 Å². The normalized spacial score (nSPS) is 12.5. The van der Waals surface area contributed by atoms with Crippen LogP contribution < -0.4 is 16.4 Å². The fourth-order valence-electron chi connectivity index (χ4n) is 2.09. The third-order valence-electron chi connectivity index (χ3n) is 3.31.